The van der Waals surface area contributed by atoms with Crippen LogP contribution in [0.3, 0.4) is 0 Å². The zero-order chi connectivity index (χ0) is 17.2. The van der Waals surface area contributed by atoms with E-state index in [0.717, 1.165) is 18.2 Å². The van der Waals surface area contributed by atoms with E-state index in [1.165, 1.54) is 24.3 Å². The fourth-order valence-corrected chi connectivity index (χ4v) is 2.30. The number of rotatable bonds is 5. The van der Waals surface area contributed by atoms with Crippen molar-refractivity contribution in [3.8, 4) is 11.5 Å². The highest BCUT2D eigenvalue weighted by Crippen LogP contribution is 2.50. The minimum atomic E-state index is -4.88. The molecule has 0 aliphatic heterocycles. The highest BCUT2D eigenvalue weighted by atomic mass is 35.5. The van der Waals surface area contributed by atoms with Crippen LogP contribution in [0, 0.1) is 10.1 Å². The van der Waals surface area contributed by atoms with Gasteiger partial charge in [0, 0.05) is 17.2 Å². The second kappa shape index (κ2) is 6.57. The van der Waals surface area contributed by atoms with Crippen LogP contribution in [-0.2, 0) is 0 Å². The minimum Gasteiger partial charge on any atom is -0.456 e. The van der Waals surface area contributed by atoms with Crippen molar-refractivity contribution in [2.75, 3.05) is 0 Å². The third kappa shape index (κ3) is 4.22. The van der Waals surface area contributed by atoms with E-state index in [1.54, 1.807) is 0 Å². The van der Waals surface area contributed by atoms with Crippen molar-refractivity contribution in [1.29, 1.82) is 0 Å². The third-order valence-corrected chi connectivity index (χ3v) is 3.76. The molecule has 0 amide bonds. The number of hydrogen-bond acceptors (Lipinski definition) is 7. The first-order chi connectivity index (χ1) is 10.7. The zero-order valence-electron chi connectivity index (χ0n) is 11.3. The molecule has 0 aliphatic carbocycles. The van der Waals surface area contributed by atoms with Crippen LogP contribution in [0.25, 0.3) is 0 Å². The van der Waals surface area contributed by atoms with Crippen molar-refractivity contribution in [3.63, 3.8) is 0 Å². The number of benzene rings is 2. The van der Waals surface area contributed by atoms with Gasteiger partial charge in [-0.25, -0.2) is 4.79 Å². The molecule has 0 saturated heterocycles. The average molecular weight is 359 g/mol. The molecule has 0 radical (unpaired) electrons. The molecule has 120 valence electrons. The Morgan fingerprint density at radius 2 is 1.74 bits per heavy atom. The Bertz CT molecular complexity index is 758. The molecule has 0 heterocycles. The quantitative estimate of drug-likeness (QED) is 0.425. The monoisotopic (exact) mass is 358 g/mol. The van der Waals surface area contributed by atoms with Gasteiger partial charge in [-0.2, -0.15) is 14.7 Å². The van der Waals surface area contributed by atoms with E-state index in [2.05, 4.69) is 0 Å². The van der Waals surface area contributed by atoms with Crippen molar-refractivity contribution in [2.45, 2.75) is 0 Å². The normalized spacial score (nSPS) is 11.1. The van der Waals surface area contributed by atoms with Gasteiger partial charge in [0.2, 0.25) is 0 Å². The van der Waals surface area contributed by atoms with Gasteiger partial charge < -0.3 is 4.74 Å². The molecule has 23 heavy (non-hydrogen) atoms. The maximum atomic E-state index is 11.9. The van der Waals surface area contributed by atoms with Crippen molar-refractivity contribution < 1.29 is 29.1 Å². The smallest absolute Gasteiger partial charge is 0.456 e. The van der Waals surface area contributed by atoms with Gasteiger partial charge in [0.1, 0.15) is 17.1 Å². The molecule has 0 fully saturated rings. The highest BCUT2D eigenvalue weighted by molar-refractivity contribution is 7.76. The van der Waals surface area contributed by atoms with Gasteiger partial charge in [0.15, 0.2) is 0 Å². The minimum absolute atomic E-state index is 0.176. The number of carbonyl (C=O) groups excluding carboxylic acids is 1. The Balaban J connectivity index is 2.47. The van der Waals surface area contributed by atoms with Gasteiger partial charge in [-0.1, -0.05) is 11.6 Å². The van der Waals surface area contributed by atoms with Crippen molar-refractivity contribution in [3.05, 3.63) is 63.2 Å². The number of nitro groups is 1. The van der Waals surface area contributed by atoms with Crippen LogP contribution in [0.2, 0.25) is 5.02 Å². The van der Waals surface area contributed by atoms with Crippen LogP contribution in [0.5, 0.6) is 11.5 Å². The molecule has 0 bridgehead atoms. The summed E-state index contributed by atoms with van der Waals surface area (Å²) in [6.07, 6.45) is 0. The van der Waals surface area contributed by atoms with Crippen LogP contribution in [0.4, 0.5) is 5.69 Å². The van der Waals surface area contributed by atoms with Gasteiger partial charge >= 0.3 is 13.5 Å². The summed E-state index contributed by atoms with van der Waals surface area (Å²) in [5.41, 5.74) is -2.44. The number of ether oxygens (including phenoxy) is 1. The van der Waals surface area contributed by atoms with Crippen molar-refractivity contribution in [1.82, 2.24) is 0 Å². The first-order valence-corrected chi connectivity index (χ1v) is 8.05. The molecular weight excluding hydrogens is 349 g/mol. The lowest BCUT2D eigenvalue weighted by Crippen LogP contribution is -2.08. The van der Waals surface area contributed by atoms with Gasteiger partial charge in [-0.15, -0.1) is 0 Å². The zero-order valence-corrected chi connectivity index (χ0v) is 12.9. The van der Waals surface area contributed by atoms with Gasteiger partial charge in [-0.3, -0.25) is 10.1 Å². The molecule has 10 heteroatoms. The van der Waals surface area contributed by atoms with E-state index in [-0.39, 0.29) is 11.5 Å². The van der Waals surface area contributed by atoms with E-state index in [1.807, 2.05) is 0 Å². The maximum absolute atomic E-state index is 11.9. The summed E-state index contributed by atoms with van der Waals surface area (Å²) in [6, 6.07) is 9.00. The Morgan fingerprint density at radius 1 is 1.13 bits per heavy atom. The first kappa shape index (κ1) is 17.3. The summed E-state index contributed by atoms with van der Waals surface area (Å²) in [4.78, 5) is 49.3. The van der Waals surface area contributed by atoms with E-state index in [0.29, 0.717) is 5.02 Å². The third-order valence-electron chi connectivity index (χ3n) is 2.72. The van der Waals surface area contributed by atoms with Crippen LogP contribution < -0.4 is 4.74 Å². The molecule has 0 unspecified atom stereocenters. The fourth-order valence-electron chi connectivity index (χ4n) is 1.68. The molecule has 0 spiro atoms. The molecule has 8 nitrogen and oxygen atoms in total. The summed E-state index contributed by atoms with van der Waals surface area (Å²) >= 11 is 5.73. The molecule has 2 rings (SSSR count). The number of hydrogen-bond donors (Lipinski definition) is 3. The molecule has 2 aromatic rings. The van der Waals surface area contributed by atoms with E-state index >= 15 is 0 Å². The SMILES string of the molecule is O=C(c1cc([N+](=O)[O-])ccc1Oc1ccc(Cl)cc1)[P+](O)(O)O. The summed E-state index contributed by atoms with van der Waals surface area (Å²) < 4.78 is 5.40. The van der Waals surface area contributed by atoms with Crippen LogP contribution in [0.1, 0.15) is 10.4 Å². The van der Waals surface area contributed by atoms with Gasteiger partial charge in [0.05, 0.1) is 4.92 Å². The van der Waals surface area contributed by atoms with Crippen LogP contribution in [0.15, 0.2) is 42.5 Å². The lowest BCUT2D eigenvalue weighted by molar-refractivity contribution is -0.384. The standard InChI is InChI=1S/C13H10ClNO7P/c14-8-1-4-10(5-2-8)22-12-6-3-9(15(17)18)7-11(12)13(16)23(19,20)21/h1-7,19-21H/q+1. The first-order valence-electron chi connectivity index (χ1n) is 6.02. The average Bonchev–Trinajstić information content (AvgIpc) is 2.48. The lowest BCUT2D eigenvalue weighted by Gasteiger charge is -2.10. The van der Waals surface area contributed by atoms with Crippen molar-refractivity contribution >= 4 is 30.8 Å². The Morgan fingerprint density at radius 3 is 2.26 bits per heavy atom. The predicted octanol–water partition coefficient (Wildman–Crippen LogP) is 2.92. The molecular formula is C13H10ClNO7P+. The van der Waals surface area contributed by atoms with Crippen molar-refractivity contribution in [2.24, 2.45) is 0 Å². The molecule has 3 N–H and O–H groups in total. The second-order valence-corrected chi connectivity index (χ2v) is 6.35. The van der Waals surface area contributed by atoms with Crippen LogP contribution in [-0.4, -0.2) is 25.1 Å². The summed E-state index contributed by atoms with van der Waals surface area (Å²) in [6.45, 7) is 0. The fraction of sp³-hybridized carbons (Fsp3) is 0. The number of halogens is 1. The molecule has 0 aromatic heterocycles. The Kier molecular flexibility index (Phi) is 4.93. The number of nitrogens with zero attached hydrogens (tertiary/aromatic N) is 1. The molecule has 0 saturated carbocycles. The molecule has 0 aliphatic rings. The highest BCUT2D eigenvalue weighted by Gasteiger charge is 2.45. The summed E-state index contributed by atoms with van der Waals surface area (Å²) in [5, 5.41) is 11.2. The van der Waals surface area contributed by atoms with E-state index in [4.69, 9.17) is 31.0 Å². The number of nitro benzene ring substituents is 1. The van der Waals surface area contributed by atoms with E-state index < -0.39 is 29.6 Å². The number of non-ortho nitro benzene ring substituents is 1. The lowest BCUT2D eigenvalue weighted by atomic mass is 10.2. The Labute approximate surface area is 135 Å². The second-order valence-electron chi connectivity index (χ2n) is 4.37. The van der Waals surface area contributed by atoms with Gasteiger partial charge in [-0.05, 0) is 30.3 Å². The van der Waals surface area contributed by atoms with E-state index in [9.17, 15) is 14.9 Å². The topological polar surface area (TPSA) is 130 Å². The van der Waals surface area contributed by atoms with Gasteiger partial charge in [0.25, 0.3) is 5.69 Å². The van der Waals surface area contributed by atoms with Crippen LogP contribution >= 0.6 is 19.5 Å². The molecule has 0 atom stereocenters. The summed E-state index contributed by atoms with van der Waals surface area (Å²) in [7, 11) is -4.88. The maximum Gasteiger partial charge on any atom is 0.484 e. The summed E-state index contributed by atoms with van der Waals surface area (Å²) in [5.74, 6) is 0.0829. The molecule has 2 aromatic carbocycles. The largest absolute Gasteiger partial charge is 0.484 e. The Hall–Kier alpha value is -2.09. The number of carbonyl (C=O) groups is 1. The predicted molar refractivity (Wildman–Crippen MR) is 82.5 cm³/mol.